The van der Waals surface area contributed by atoms with E-state index in [-0.39, 0.29) is 5.38 Å². The van der Waals surface area contributed by atoms with Crippen molar-refractivity contribution in [3.63, 3.8) is 0 Å². The SMILES string of the molecule is CC(Cl)c1nnc(NCCCC2CC2)o1. The van der Waals surface area contributed by atoms with Gasteiger partial charge in [0.25, 0.3) is 0 Å². The van der Waals surface area contributed by atoms with Crippen molar-refractivity contribution in [2.24, 2.45) is 5.92 Å². The molecule has 1 N–H and O–H groups in total. The van der Waals surface area contributed by atoms with E-state index >= 15 is 0 Å². The Balaban J connectivity index is 1.67. The lowest BCUT2D eigenvalue weighted by molar-refractivity contribution is 0.504. The van der Waals surface area contributed by atoms with Gasteiger partial charge in [-0.2, -0.15) is 0 Å². The average molecular weight is 230 g/mol. The maximum atomic E-state index is 5.80. The van der Waals surface area contributed by atoms with Gasteiger partial charge >= 0.3 is 6.01 Å². The van der Waals surface area contributed by atoms with Crippen LogP contribution in [0.3, 0.4) is 0 Å². The summed E-state index contributed by atoms with van der Waals surface area (Å²) in [6.07, 6.45) is 5.29. The smallest absolute Gasteiger partial charge is 0.315 e. The maximum absolute atomic E-state index is 5.80. The fourth-order valence-corrected chi connectivity index (χ4v) is 1.55. The number of hydrogen-bond acceptors (Lipinski definition) is 4. The summed E-state index contributed by atoms with van der Waals surface area (Å²) in [5.41, 5.74) is 0. The molecule has 1 heterocycles. The second-order valence-electron chi connectivity index (χ2n) is 4.07. The summed E-state index contributed by atoms with van der Waals surface area (Å²) in [5, 5.41) is 10.6. The quantitative estimate of drug-likeness (QED) is 0.602. The molecule has 2 rings (SSSR count). The van der Waals surface area contributed by atoms with E-state index in [0.29, 0.717) is 11.9 Å². The van der Waals surface area contributed by atoms with Crippen LogP contribution in [0.25, 0.3) is 0 Å². The zero-order valence-electron chi connectivity index (χ0n) is 8.87. The van der Waals surface area contributed by atoms with Gasteiger partial charge in [0.1, 0.15) is 5.38 Å². The van der Waals surface area contributed by atoms with Crippen LogP contribution in [0, 0.1) is 5.92 Å². The first kappa shape index (κ1) is 10.7. The highest BCUT2D eigenvalue weighted by molar-refractivity contribution is 6.20. The molecule has 15 heavy (non-hydrogen) atoms. The van der Waals surface area contributed by atoms with Crippen molar-refractivity contribution >= 4 is 17.6 Å². The summed E-state index contributed by atoms with van der Waals surface area (Å²) >= 11 is 5.80. The van der Waals surface area contributed by atoms with Crippen LogP contribution in [0.1, 0.15) is 43.9 Å². The van der Waals surface area contributed by atoms with Crippen molar-refractivity contribution in [3.8, 4) is 0 Å². The largest absolute Gasteiger partial charge is 0.407 e. The van der Waals surface area contributed by atoms with Crippen LogP contribution in [0.5, 0.6) is 0 Å². The second kappa shape index (κ2) is 4.84. The summed E-state index contributed by atoms with van der Waals surface area (Å²) in [6, 6.07) is 0.480. The van der Waals surface area contributed by atoms with E-state index in [1.54, 1.807) is 0 Å². The monoisotopic (exact) mass is 229 g/mol. The predicted octanol–water partition coefficient (Wildman–Crippen LogP) is 2.97. The number of nitrogens with zero attached hydrogens (tertiary/aromatic N) is 2. The van der Waals surface area contributed by atoms with Crippen LogP contribution < -0.4 is 5.32 Å². The van der Waals surface area contributed by atoms with E-state index in [9.17, 15) is 0 Å². The number of rotatable bonds is 6. The lowest BCUT2D eigenvalue weighted by Gasteiger charge is -1.99. The number of hydrogen-bond donors (Lipinski definition) is 1. The van der Waals surface area contributed by atoms with Crippen LogP contribution in [-0.2, 0) is 0 Å². The molecule has 1 unspecified atom stereocenters. The number of alkyl halides is 1. The highest BCUT2D eigenvalue weighted by Gasteiger charge is 2.20. The lowest BCUT2D eigenvalue weighted by atomic mass is 10.2. The van der Waals surface area contributed by atoms with Gasteiger partial charge in [0, 0.05) is 6.54 Å². The van der Waals surface area contributed by atoms with Crippen molar-refractivity contribution < 1.29 is 4.42 Å². The number of aromatic nitrogens is 2. The third-order valence-corrected chi connectivity index (χ3v) is 2.73. The Morgan fingerprint density at radius 3 is 2.93 bits per heavy atom. The van der Waals surface area contributed by atoms with E-state index < -0.39 is 0 Å². The van der Waals surface area contributed by atoms with E-state index in [4.69, 9.17) is 16.0 Å². The van der Waals surface area contributed by atoms with Crippen LogP contribution in [0.15, 0.2) is 4.42 Å². The first-order chi connectivity index (χ1) is 7.25. The molecular weight excluding hydrogens is 214 g/mol. The molecule has 0 aliphatic heterocycles. The molecule has 0 amide bonds. The van der Waals surface area contributed by atoms with E-state index in [0.717, 1.165) is 12.5 Å². The zero-order chi connectivity index (χ0) is 10.7. The first-order valence-corrected chi connectivity index (χ1v) is 5.90. The predicted molar refractivity (Wildman–Crippen MR) is 59.0 cm³/mol. The van der Waals surface area contributed by atoms with Crippen molar-refractivity contribution in [2.45, 2.75) is 38.0 Å². The fraction of sp³-hybridized carbons (Fsp3) is 0.800. The standard InChI is InChI=1S/C10H16ClN3O/c1-7(11)9-13-14-10(15-9)12-6-2-3-8-4-5-8/h7-8H,2-6H2,1H3,(H,12,14). The van der Waals surface area contributed by atoms with Gasteiger partial charge in [0.2, 0.25) is 5.89 Å². The van der Waals surface area contributed by atoms with E-state index in [1.165, 1.54) is 25.7 Å². The van der Waals surface area contributed by atoms with Crippen molar-refractivity contribution in [1.29, 1.82) is 0 Å². The first-order valence-electron chi connectivity index (χ1n) is 5.47. The third kappa shape index (κ3) is 3.38. The van der Waals surface area contributed by atoms with Gasteiger partial charge in [-0.25, -0.2) is 0 Å². The molecule has 0 spiro atoms. The average Bonchev–Trinajstić information content (AvgIpc) is 2.90. The maximum Gasteiger partial charge on any atom is 0.315 e. The Morgan fingerprint density at radius 2 is 2.33 bits per heavy atom. The molecule has 0 bridgehead atoms. The van der Waals surface area contributed by atoms with E-state index in [1.807, 2.05) is 6.92 Å². The topological polar surface area (TPSA) is 51.0 Å². The molecule has 4 nitrogen and oxygen atoms in total. The molecule has 1 aromatic heterocycles. The molecule has 0 radical (unpaired) electrons. The fourth-order valence-electron chi connectivity index (χ4n) is 1.46. The summed E-state index contributed by atoms with van der Waals surface area (Å²) in [7, 11) is 0. The Hall–Kier alpha value is -0.770. The Kier molecular flexibility index (Phi) is 3.46. The lowest BCUT2D eigenvalue weighted by Crippen LogP contribution is -2.01. The van der Waals surface area contributed by atoms with E-state index in [2.05, 4.69) is 15.5 Å². The third-order valence-electron chi connectivity index (χ3n) is 2.54. The minimum Gasteiger partial charge on any atom is -0.407 e. The molecular formula is C10H16ClN3O. The molecule has 1 aromatic rings. The molecule has 0 aromatic carbocycles. The molecule has 1 saturated carbocycles. The van der Waals surface area contributed by atoms with Gasteiger partial charge in [0.15, 0.2) is 0 Å². The number of halogens is 1. The Labute approximate surface area is 94.4 Å². The summed E-state index contributed by atoms with van der Waals surface area (Å²) in [4.78, 5) is 0. The molecule has 1 aliphatic rings. The van der Waals surface area contributed by atoms with Gasteiger partial charge in [-0.05, 0) is 25.7 Å². The van der Waals surface area contributed by atoms with Crippen molar-refractivity contribution in [1.82, 2.24) is 10.2 Å². The zero-order valence-corrected chi connectivity index (χ0v) is 9.63. The van der Waals surface area contributed by atoms with Crippen LogP contribution in [0.4, 0.5) is 6.01 Å². The van der Waals surface area contributed by atoms with Crippen LogP contribution in [-0.4, -0.2) is 16.7 Å². The molecule has 84 valence electrons. The number of anilines is 1. The van der Waals surface area contributed by atoms with Crippen LogP contribution in [0.2, 0.25) is 0 Å². The Morgan fingerprint density at radius 1 is 1.53 bits per heavy atom. The van der Waals surface area contributed by atoms with Crippen molar-refractivity contribution in [3.05, 3.63) is 5.89 Å². The molecule has 1 fully saturated rings. The van der Waals surface area contributed by atoms with Gasteiger partial charge in [0.05, 0.1) is 0 Å². The Bertz CT molecular complexity index is 309. The normalized spacial score (nSPS) is 17.7. The van der Waals surface area contributed by atoms with Crippen LogP contribution >= 0.6 is 11.6 Å². The summed E-state index contributed by atoms with van der Waals surface area (Å²) in [6.45, 7) is 2.71. The minimum atomic E-state index is -0.223. The summed E-state index contributed by atoms with van der Waals surface area (Å²) < 4.78 is 5.30. The minimum absolute atomic E-state index is 0.223. The highest BCUT2D eigenvalue weighted by Crippen LogP contribution is 2.33. The second-order valence-corrected chi connectivity index (χ2v) is 4.73. The van der Waals surface area contributed by atoms with Gasteiger partial charge in [-0.3, -0.25) is 0 Å². The van der Waals surface area contributed by atoms with Gasteiger partial charge < -0.3 is 9.73 Å². The molecule has 5 heteroatoms. The molecule has 1 aliphatic carbocycles. The van der Waals surface area contributed by atoms with Crippen molar-refractivity contribution in [2.75, 3.05) is 11.9 Å². The summed E-state index contributed by atoms with van der Waals surface area (Å²) in [5.74, 6) is 1.45. The number of nitrogens with one attached hydrogen (secondary N) is 1. The van der Waals surface area contributed by atoms with Gasteiger partial charge in [-0.15, -0.1) is 16.7 Å². The molecule has 1 atom stereocenters. The highest BCUT2D eigenvalue weighted by atomic mass is 35.5. The van der Waals surface area contributed by atoms with Gasteiger partial charge in [-0.1, -0.05) is 17.9 Å². The molecule has 0 saturated heterocycles.